The number of thiazole rings is 1. The highest BCUT2D eigenvalue weighted by atomic mass is 32.1. The van der Waals surface area contributed by atoms with Crippen molar-refractivity contribution in [3.63, 3.8) is 0 Å². The van der Waals surface area contributed by atoms with E-state index in [0.717, 1.165) is 16.3 Å². The van der Waals surface area contributed by atoms with E-state index >= 15 is 0 Å². The molecule has 0 aliphatic rings. The van der Waals surface area contributed by atoms with Crippen molar-refractivity contribution in [2.75, 3.05) is 5.73 Å². The molecule has 0 radical (unpaired) electrons. The zero-order valence-corrected chi connectivity index (χ0v) is 8.93. The number of anilines is 1. The first kappa shape index (κ1) is 9.15. The fourth-order valence-electron chi connectivity index (χ4n) is 1.17. The molecule has 2 aromatic rings. The summed E-state index contributed by atoms with van der Waals surface area (Å²) in [6, 6.07) is 1.89. The minimum Gasteiger partial charge on any atom is -0.397 e. The van der Waals surface area contributed by atoms with Gasteiger partial charge in [-0.1, -0.05) is 0 Å². The number of hydrogen-bond donors (Lipinski definition) is 1. The van der Waals surface area contributed by atoms with E-state index in [1.165, 1.54) is 4.88 Å². The molecule has 2 rings (SSSR count). The van der Waals surface area contributed by atoms with Crippen molar-refractivity contribution in [2.24, 2.45) is 0 Å². The minimum absolute atomic E-state index is 0.674. The van der Waals surface area contributed by atoms with Gasteiger partial charge < -0.3 is 5.73 Å². The molecule has 3 nitrogen and oxygen atoms in total. The van der Waals surface area contributed by atoms with Gasteiger partial charge in [-0.3, -0.25) is 4.98 Å². The van der Waals surface area contributed by atoms with Crippen molar-refractivity contribution in [3.8, 4) is 10.6 Å². The minimum atomic E-state index is 0.674. The van der Waals surface area contributed by atoms with Crippen molar-refractivity contribution >= 4 is 17.0 Å². The molecule has 0 aliphatic carbocycles. The van der Waals surface area contributed by atoms with E-state index in [4.69, 9.17) is 5.73 Å². The molecule has 0 unspecified atom stereocenters. The van der Waals surface area contributed by atoms with Crippen LogP contribution in [0.3, 0.4) is 0 Å². The summed E-state index contributed by atoms with van der Waals surface area (Å²) in [5.74, 6) is 0. The van der Waals surface area contributed by atoms with Crippen LogP contribution in [-0.4, -0.2) is 9.97 Å². The van der Waals surface area contributed by atoms with Gasteiger partial charge in [-0.2, -0.15) is 0 Å². The third-order valence-corrected chi connectivity index (χ3v) is 3.16. The number of rotatable bonds is 1. The lowest BCUT2D eigenvalue weighted by molar-refractivity contribution is 1.22. The zero-order valence-electron chi connectivity index (χ0n) is 8.11. The largest absolute Gasteiger partial charge is 0.397 e. The normalized spacial score (nSPS) is 10.4. The molecule has 2 heterocycles. The van der Waals surface area contributed by atoms with Crippen molar-refractivity contribution < 1.29 is 0 Å². The quantitative estimate of drug-likeness (QED) is 0.777. The number of nitrogen functional groups attached to an aromatic ring is 1. The van der Waals surface area contributed by atoms with Gasteiger partial charge >= 0.3 is 0 Å². The van der Waals surface area contributed by atoms with Crippen LogP contribution in [-0.2, 0) is 0 Å². The second-order valence-corrected chi connectivity index (χ2v) is 4.37. The topological polar surface area (TPSA) is 51.8 Å². The molecule has 14 heavy (non-hydrogen) atoms. The summed E-state index contributed by atoms with van der Waals surface area (Å²) in [7, 11) is 0. The lowest BCUT2D eigenvalue weighted by atomic mass is 10.3. The summed E-state index contributed by atoms with van der Waals surface area (Å²) >= 11 is 1.67. The third kappa shape index (κ3) is 1.61. The highest BCUT2D eigenvalue weighted by molar-refractivity contribution is 7.15. The maximum Gasteiger partial charge on any atom is 0.125 e. The zero-order chi connectivity index (χ0) is 10.1. The highest BCUT2D eigenvalue weighted by Crippen LogP contribution is 2.27. The monoisotopic (exact) mass is 205 g/mol. The Kier molecular flexibility index (Phi) is 2.21. The van der Waals surface area contributed by atoms with E-state index in [2.05, 4.69) is 16.9 Å². The first-order valence-corrected chi connectivity index (χ1v) is 5.13. The first-order valence-electron chi connectivity index (χ1n) is 4.32. The molecule has 0 atom stereocenters. The van der Waals surface area contributed by atoms with Crippen molar-refractivity contribution in [3.05, 3.63) is 29.0 Å². The molecule has 0 bridgehead atoms. The summed E-state index contributed by atoms with van der Waals surface area (Å²) < 4.78 is 0. The SMILES string of the molecule is Cc1nc(-c2cncc(N)c2)sc1C. The van der Waals surface area contributed by atoms with Gasteiger partial charge in [0.1, 0.15) is 5.01 Å². The smallest absolute Gasteiger partial charge is 0.125 e. The lowest BCUT2D eigenvalue weighted by Crippen LogP contribution is -1.87. The summed E-state index contributed by atoms with van der Waals surface area (Å²) in [4.78, 5) is 9.72. The summed E-state index contributed by atoms with van der Waals surface area (Å²) in [5, 5.41) is 0.986. The Morgan fingerprint density at radius 3 is 2.64 bits per heavy atom. The van der Waals surface area contributed by atoms with Crippen LogP contribution >= 0.6 is 11.3 Å². The van der Waals surface area contributed by atoms with Gasteiger partial charge in [-0.05, 0) is 19.9 Å². The van der Waals surface area contributed by atoms with Crippen LogP contribution in [0.2, 0.25) is 0 Å². The molecular formula is C10H11N3S. The van der Waals surface area contributed by atoms with Gasteiger partial charge in [0.2, 0.25) is 0 Å². The van der Waals surface area contributed by atoms with E-state index in [9.17, 15) is 0 Å². The average Bonchev–Trinajstić information content (AvgIpc) is 2.47. The summed E-state index contributed by atoms with van der Waals surface area (Å²) in [6.45, 7) is 4.07. The second kappa shape index (κ2) is 3.38. The summed E-state index contributed by atoms with van der Waals surface area (Å²) in [5.41, 5.74) is 8.40. The van der Waals surface area contributed by atoms with E-state index < -0.39 is 0 Å². The Bertz CT molecular complexity index is 443. The summed E-state index contributed by atoms with van der Waals surface area (Å²) in [6.07, 6.45) is 3.42. The molecule has 2 N–H and O–H groups in total. The van der Waals surface area contributed by atoms with Gasteiger partial charge in [0.25, 0.3) is 0 Å². The Morgan fingerprint density at radius 2 is 2.07 bits per heavy atom. The van der Waals surface area contributed by atoms with Gasteiger partial charge in [0, 0.05) is 22.8 Å². The van der Waals surface area contributed by atoms with E-state index in [1.54, 1.807) is 23.7 Å². The number of nitrogens with two attached hydrogens (primary N) is 1. The molecule has 0 aliphatic heterocycles. The van der Waals surface area contributed by atoms with Crippen LogP contribution in [0, 0.1) is 13.8 Å². The Labute approximate surface area is 86.6 Å². The number of aryl methyl sites for hydroxylation is 2. The molecular weight excluding hydrogens is 194 g/mol. The molecule has 0 aromatic carbocycles. The molecule has 0 fully saturated rings. The number of nitrogens with zero attached hydrogens (tertiary/aromatic N) is 2. The molecule has 2 aromatic heterocycles. The number of hydrogen-bond acceptors (Lipinski definition) is 4. The van der Waals surface area contributed by atoms with Crippen molar-refractivity contribution in [1.82, 2.24) is 9.97 Å². The molecule has 0 saturated heterocycles. The fourth-order valence-corrected chi connectivity index (χ4v) is 2.07. The van der Waals surface area contributed by atoms with Crippen LogP contribution in [0.5, 0.6) is 0 Å². The fraction of sp³-hybridized carbons (Fsp3) is 0.200. The standard InChI is InChI=1S/C10H11N3S/c1-6-7(2)14-10(13-6)8-3-9(11)5-12-4-8/h3-5H,11H2,1-2H3. The Morgan fingerprint density at radius 1 is 1.29 bits per heavy atom. The maximum absolute atomic E-state index is 5.66. The van der Waals surface area contributed by atoms with E-state index in [1.807, 2.05) is 13.0 Å². The van der Waals surface area contributed by atoms with Crippen LogP contribution in [0.25, 0.3) is 10.6 Å². The molecule has 4 heteroatoms. The van der Waals surface area contributed by atoms with Crippen LogP contribution < -0.4 is 5.73 Å². The second-order valence-electron chi connectivity index (χ2n) is 3.17. The lowest BCUT2D eigenvalue weighted by Gasteiger charge is -1.96. The molecule has 72 valence electrons. The van der Waals surface area contributed by atoms with Gasteiger partial charge in [-0.15, -0.1) is 11.3 Å². The number of aromatic nitrogens is 2. The van der Waals surface area contributed by atoms with Crippen molar-refractivity contribution in [2.45, 2.75) is 13.8 Å². The Balaban J connectivity index is 2.49. The number of pyridine rings is 1. The van der Waals surface area contributed by atoms with Gasteiger partial charge in [0.05, 0.1) is 11.4 Å². The Hall–Kier alpha value is -1.42. The molecule has 0 spiro atoms. The predicted molar refractivity (Wildman–Crippen MR) is 59.2 cm³/mol. The first-order chi connectivity index (χ1) is 6.66. The molecule has 0 amide bonds. The van der Waals surface area contributed by atoms with Crippen LogP contribution in [0.1, 0.15) is 10.6 Å². The van der Waals surface area contributed by atoms with Gasteiger partial charge in [-0.25, -0.2) is 4.98 Å². The van der Waals surface area contributed by atoms with E-state index in [-0.39, 0.29) is 0 Å². The predicted octanol–water partition coefficient (Wildman–Crippen LogP) is 2.40. The van der Waals surface area contributed by atoms with E-state index in [0.29, 0.717) is 5.69 Å². The maximum atomic E-state index is 5.66. The van der Waals surface area contributed by atoms with Crippen LogP contribution in [0.4, 0.5) is 5.69 Å². The van der Waals surface area contributed by atoms with Crippen LogP contribution in [0.15, 0.2) is 18.5 Å². The van der Waals surface area contributed by atoms with Crippen molar-refractivity contribution in [1.29, 1.82) is 0 Å². The third-order valence-electron chi connectivity index (χ3n) is 2.03. The molecule has 0 saturated carbocycles. The highest BCUT2D eigenvalue weighted by Gasteiger charge is 2.06. The average molecular weight is 205 g/mol. The van der Waals surface area contributed by atoms with Gasteiger partial charge in [0.15, 0.2) is 0 Å².